The van der Waals surface area contributed by atoms with Crippen LogP contribution in [0, 0.1) is 5.82 Å². The van der Waals surface area contributed by atoms with Gasteiger partial charge < -0.3 is 5.32 Å². The molecule has 7 heteroatoms. The molecule has 0 fully saturated rings. The van der Waals surface area contributed by atoms with Crippen LogP contribution in [0.1, 0.15) is 21.6 Å². The van der Waals surface area contributed by atoms with Gasteiger partial charge in [-0.1, -0.05) is 71.9 Å². The van der Waals surface area contributed by atoms with Gasteiger partial charge in [0, 0.05) is 12.3 Å². The minimum absolute atomic E-state index is 0.105. The van der Waals surface area contributed by atoms with E-state index in [4.69, 9.17) is 11.6 Å². The Bertz CT molecular complexity index is 908. The lowest BCUT2D eigenvalue weighted by molar-refractivity contribution is 0.0945. The van der Waals surface area contributed by atoms with Gasteiger partial charge in [0.15, 0.2) is 10.9 Å². The van der Waals surface area contributed by atoms with E-state index in [1.54, 1.807) is 18.2 Å². The maximum atomic E-state index is 13.7. The Morgan fingerprint density at radius 2 is 1.85 bits per heavy atom. The average molecular weight is 388 g/mol. The molecule has 0 aliphatic carbocycles. The molecule has 0 unspecified atom stereocenters. The molecule has 2 aromatic carbocycles. The SMILES string of the molecule is O=C(NCc1ccccc1)c1nc(SCc2ccccc2F)ncc1Cl. The van der Waals surface area contributed by atoms with Crippen molar-refractivity contribution in [2.45, 2.75) is 17.5 Å². The van der Waals surface area contributed by atoms with E-state index in [9.17, 15) is 9.18 Å². The van der Waals surface area contributed by atoms with E-state index in [0.29, 0.717) is 23.0 Å². The maximum absolute atomic E-state index is 13.7. The molecule has 132 valence electrons. The number of carbonyl (C=O) groups excluding carboxylic acids is 1. The van der Waals surface area contributed by atoms with Crippen molar-refractivity contribution < 1.29 is 9.18 Å². The van der Waals surface area contributed by atoms with Crippen molar-refractivity contribution in [1.29, 1.82) is 0 Å². The van der Waals surface area contributed by atoms with Gasteiger partial charge in [0.05, 0.1) is 11.2 Å². The van der Waals surface area contributed by atoms with Gasteiger partial charge in [0.2, 0.25) is 0 Å². The van der Waals surface area contributed by atoms with Gasteiger partial charge >= 0.3 is 0 Å². The highest BCUT2D eigenvalue weighted by Gasteiger charge is 2.14. The van der Waals surface area contributed by atoms with Crippen molar-refractivity contribution in [3.63, 3.8) is 0 Å². The smallest absolute Gasteiger partial charge is 0.271 e. The van der Waals surface area contributed by atoms with Gasteiger partial charge in [0.1, 0.15) is 5.82 Å². The fourth-order valence-corrected chi connectivity index (χ4v) is 3.18. The third-order valence-electron chi connectivity index (χ3n) is 3.55. The van der Waals surface area contributed by atoms with E-state index >= 15 is 0 Å². The minimum atomic E-state index is -0.381. The summed E-state index contributed by atoms with van der Waals surface area (Å²) in [5.41, 5.74) is 1.62. The molecule has 0 radical (unpaired) electrons. The van der Waals surface area contributed by atoms with Crippen molar-refractivity contribution in [3.05, 3.63) is 88.5 Å². The Hall–Kier alpha value is -2.44. The highest BCUT2D eigenvalue weighted by molar-refractivity contribution is 7.98. The molecular weight excluding hydrogens is 373 g/mol. The van der Waals surface area contributed by atoms with Crippen LogP contribution in [0.4, 0.5) is 4.39 Å². The number of nitrogens with zero attached hydrogens (tertiary/aromatic N) is 2. The second-order valence-corrected chi connectivity index (χ2v) is 6.75. The number of hydrogen-bond acceptors (Lipinski definition) is 4. The monoisotopic (exact) mass is 387 g/mol. The lowest BCUT2D eigenvalue weighted by Crippen LogP contribution is -2.24. The summed E-state index contributed by atoms with van der Waals surface area (Å²) in [6, 6.07) is 16.0. The second kappa shape index (κ2) is 8.78. The molecule has 1 amide bonds. The van der Waals surface area contributed by atoms with E-state index in [1.165, 1.54) is 24.0 Å². The number of benzene rings is 2. The molecule has 0 saturated heterocycles. The van der Waals surface area contributed by atoms with Crippen molar-refractivity contribution in [3.8, 4) is 0 Å². The molecule has 0 bridgehead atoms. The Labute approximate surface area is 159 Å². The highest BCUT2D eigenvalue weighted by Crippen LogP contribution is 2.23. The number of rotatable bonds is 6. The molecule has 4 nitrogen and oxygen atoms in total. The summed E-state index contributed by atoms with van der Waals surface area (Å²) in [7, 11) is 0. The lowest BCUT2D eigenvalue weighted by Gasteiger charge is -2.08. The number of carbonyl (C=O) groups is 1. The summed E-state index contributed by atoms with van der Waals surface area (Å²) in [6.07, 6.45) is 1.38. The van der Waals surface area contributed by atoms with E-state index in [2.05, 4.69) is 15.3 Å². The standard InChI is InChI=1S/C19H15ClFN3OS/c20-15-11-23-19(26-12-14-8-4-5-9-16(14)21)24-17(15)18(25)22-10-13-6-2-1-3-7-13/h1-9,11H,10,12H2,(H,22,25). The molecular formula is C19H15ClFN3OS. The van der Waals surface area contributed by atoms with Gasteiger partial charge in [-0.2, -0.15) is 0 Å². The van der Waals surface area contributed by atoms with Gasteiger partial charge in [-0.05, 0) is 17.2 Å². The predicted molar refractivity (Wildman–Crippen MR) is 101 cm³/mol. The molecule has 0 spiro atoms. The van der Waals surface area contributed by atoms with Crippen LogP contribution in [0.15, 0.2) is 66.0 Å². The van der Waals surface area contributed by atoms with Crippen molar-refractivity contribution in [1.82, 2.24) is 15.3 Å². The third-order valence-corrected chi connectivity index (χ3v) is 4.73. The molecule has 0 aliphatic heterocycles. The Balaban J connectivity index is 1.67. The van der Waals surface area contributed by atoms with Crippen LogP contribution in [0.3, 0.4) is 0 Å². The number of nitrogens with one attached hydrogen (secondary N) is 1. The third kappa shape index (κ3) is 4.80. The normalized spacial score (nSPS) is 10.5. The quantitative estimate of drug-likeness (QED) is 0.500. The maximum Gasteiger partial charge on any atom is 0.271 e. The van der Waals surface area contributed by atoms with Crippen LogP contribution in [-0.2, 0) is 12.3 Å². The lowest BCUT2D eigenvalue weighted by atomic mass is 10.2. The Kier molecular flexibility index (Phi) is 6.20. The van der Waals surface area contributed by atoms with E-state index in [-0.39, 0.29) is 22.4 Å². The van der Waals surface area contributed by atoms with Gasteiger partial charge in [0.25, 0.3) is 5.91 Å². The van der Waals surface area contributed by atoms with E-state index in [1.807, 2.05) is 30.3 Å². The molecule has 1 heterocycles. The summed E-state index contributed by atoms with van der Waals surface area (Å²) in [5.74, 6) is -0.303. The second-order valence-electron chi connectivity index (χ2n) is 5.40. The van der Waals surface area contributed by atoms with Crippen LogP contribution >= 0.6 is 23.4 Å². The molecule has 26 heavy (non-hydrogen) atoms. The first kappa shape index (κ1) is 18.4. The zero-order chi connectivity index (χ0) is 18.4. The molecule has 0 atom stereocenters. The van der Waals surface area contributed by atoms with E-state index < -0.39 is 0 Å². The Morgan fingerprint density at radius 1 is 1.12 bits per heavy atom. The van der Waals surface area contributed by atoms with Crippen molar-refractivity contribution >= 4 is 29.3 Å². The number of thioether (sulfide) groups is 1. The summed E-state index contributed by atoms with van der Waals surface area (Å²) in [5, 5.41) is 3.32. The van der Waals surface area contributed by atoms with Gasteiger partial charge in [-0.3, -0.25) is 4.79 Å². The molecule has 3 aromatic rings. The fourth-order valence-electron chi connectivity index (χ4n) is 2.20. The van der Waals surface area contributed by atoms with Crippen molar-refractivity contribution in [2.75, 3.05) is 0 Å². The predicted octanol–water partition coefficient (Wildman–Crippen LogP) is 4.49. The van der Waals surface area contributed by atoms with Crippen LogP contribution in [-0.4, -0.2) is 15.9 Å². The van der Waals surface area contributed by atoms with Gasteiger partial charge in [-0.25, -0.2) is 14.4 Å². The molecule has 1 aromatic heterocycles. The fraction of sp³-hybridized carbons (Fsp3) is 0.105. The van der Waals surface area contributed by atoms with Crippen LogP contribution in [0.25, 0.3) is 0 Å². The Morgan fingerprint density at radius 3 is 2.62 bits per heavy atom. The zero-order valence-electron chi connectivity index (χ0n) is 13.7. The first-order valence-electron chi connectivity index (χ1n) is 7.84. The first-order valence-corrected chi connectivity index (χ1v) is 9.20. The number of amides is 1. The zero-order valence-corrected chi connectivity index (χ0v) is 15.2. The number of halogens is 2. The summed E-state index contributed by atoms with van der Waals surface area (Å²) >= 11 is 7.30. The van der Waals surface area contributed by atoms with Crippen LogP contribution in [0.2, 0.25) is 5.02 Å². The van der Waals surface area contributed by atoms with Crippen LogP contribution in [0.5, 0.6) is 0 Å². The summed E-state index contributed by atoms with van der Waals surface area (Å²) in [6.45, 7) is 0.373. The van der Waals surface area contributed by atoms with Crippen molar-refractivity contribution in [2.24, 2.45) is 0 Å². The largest absolute Gasteiger partial charge is 0.347 e. The molecule has 0 aliphatic rings. The number of hydrogen-bond donors (Lipinski definition) is 1. The van der Waals surface area contributed by atoms with Gasteiger partial charge in [-0.15, -0.1) is 0 Å². The molecule has 0 saturated carbocycles. The highest BCUT2D eigenvalue weighted by atomic mass is 35.5. The average Bonchev–Trinajstić information content (AvgIpc) is 2.67. The number of aromatic nitrogens is 2. The first-order chi connectivity index (χ1) is 12.6. The minimum Gasteiger partial charge on any atom is -0.347 e. The topological polar surface area (TPSA) is 54.9 Å². The summed E-state index contributed by atoms with van der Waals surface area (Å²) in [4.78, 5) is 20.7. The molecule has 3 rings (SSSR count). The van der Waals surface area contributed by atoms with Crippen LogP contribution < -0.4 is 5.32 Å². The summed E-state index contributed by atoms with van der Waals surface area (Å²) < 4.78 is 13.7. The van der Waals surface area contributed by atoms with E-state index in [0.717, 1.165) is 5.56 Å². The molecule has 1 N–H and O–H groups in total.